The Bertz CT molecular complexity index is 454. The molecule has 2 unspecified atom stereocenters. The summed E-state index contributed by atoms with van der Waals surface area (Å²) >= 11 is 0. The van der Waals surface area contributed by atoms with Gasteiger partial charge in [-0.25, -0.2) is 4.98 Å². The van der Waals surface area contributed by atoms with Gasteiger partial charge in [0.25, 0.3) is 0 Å². The minimum absolute atomic E-state index is 0.0206. The van der Waals surface area contributed by atoms with Crippen molar-refractivity contribution in [1.82, 2.24) is 4.98 Å². The lowest BCUT2D eigenvalue weighted by Crippen LogP contribution is -2.49. The highest BCUT2D eigenvalue weighted by molar-refractivity contribution is 5.58. The predicted molar refractivity (Wildman–Crippen MR) is 71.1 cm³/mol. The molecule has 7 nitrogen and oxygen atoms in total. The molecule has 19 heavy (non-hydrogen) atoms. The van der Waals surface area contributed by atoms with Gasteiger partial charge in [0.15, 0.2) is 0 Å². The number of ether oxygens (including phenoxy) is 1. The molecule has 7 heteroatoms. The van der Waals surface area contributed by atoms with Crippen LogP contribution in [0.15, 0.2) is 18.3 Å². The van der Waals surface area contributed by atoms with E-state index in [1.807, 2.05) is 4.90 Å². The van der Waals surface area contributed by atoms with Crippen LogP contribution in [0.25, 0.3) is 0 Å². The minimum atomic E-state index is -0.404. The lowest BCUT2D eigenvalue weighted by molar-refractivity contribution is -0.384. The fourth-order valence-electron chi connectivity index (χ4n) is 2.48. The average Bonchev–Trinajstić information content (AvgIpc) is 2.46. The SMILES string of the molecule is COC1CCN(c2ncccc2[N+](=O)[O-])C(CN)C1. The van der Waals surface area contributed by atoms with E-state index in [1.165, 1.54) is 6.07 Å². The second-order valence-corrected chi connectivity index (χ2v) is 4.57. The molecule has 0 aliphatic carbocycles. The highest BCUT2D eigenvalue weighted by atomic mass is 16.6. The molecule has 0 bridgehead atoms. The number of anilines is 1. The molecule has 0 aromatic carbocycles. The van der Waals surface area contributed by atoms with Gasteiger partial charge >= 0.3 is 5.69 Å². The van der Waals surface area contributed by atoms with E-state index < -0.39 is 4.92 Å². The van der Waals surface area contributed by atoms with Crippen molar-refractivity contribution in [2.75, 3.05) is 25.1 Å². The van der Waals surface area contributed by atoms with Crippen molar-refractivity contribution in [2.24, 2.45) is 5.73 Å². The molecule has 2 heterocycles. The number of nitro groups is 1. The number of piperidine rings is 1. The molecule has 2 rings (SSSR count). The largest absolute Gasteiger partial charge is 0.381 e. The number of hydrogen-bond acceptors (Lipinski definition) is 6. The maximum atomic E-state index is 11.1. The van der Waals surface area contributed by atoms with Gasteiger partial charge < -0.3 is 15.4 Å². The fourth-order valence-corrected chi connectivity index (χ4v) is 2.48. The highest BCUT2D eigenvalue weighted by Gasteiger charge is 2.32. The fraction of sp³-hybridized carbons (Fsp3) is 0.583. The van der Waals surface area contributed by atoms with E-state index in [4.69, 9.17) is 10.5 Å². The summed E-state index contributed by atoms with van der Waals surface area (Å²) in [4.78, 5) is 16.7. The Hall–Kier alpha value is -1.73. The summed E-state index contributed by atoms with van der Waals surface area (Å²) in [6.07, 6.45) is 3.31. The van der Waals surface area contributed by atoms with E-state index in [-0.39, 0.29) is 17.8 Å². The first-order valence-electron chi connectivity index (χ1n) is 6.26. The molecular formula is C12H18N4O3. The van der Waals surface area contributed by atoms with Crippen LogP contribution in [0.4, 0.5) is 11.5 Å². The third-order valence-corrected chi connectivity index (χ3v) is 3.51. The molecular weight excluding hydrogens is 248 g/mol. The van der Waals surface area contributed by atoms with Crippen molar-refractivity contribution >= 4 is 11.5 Å². The first-order chi connectivity index (χ1) is 9.17. The molecule has 0 spiro atoms. The van der Waals surface area contributed by atoms with Crippen LogP contribution in [0.2, 0.25) is 0 Å². The lowest BCUT2D eigenvalue weighted by Gasteiger charge is -2.38. The Morgan fingerprint density at radius 1 is 1.68 bits per heavy atom. The molecule has 1 fully saturated rings. The van der Waals surface area contributed by atoms with Crippen LogP contribution in [0.5, 0.6) is 0 Å². The maximum Gasteiger partial charge on any atom is 0.311 e. The van der Waals surface area contributed by atoms with Gasteiger partial charge in [0, 0.05) is 38.5 Å². The molecule has 2 N–H and O–H groups in total. The number of rotatable bonds is 4. The van der Waals surface area contributed by atoms with Crippen LogP contribution in [0.1, 0.15) is 12.8 Å². The van der Waals surface area contributed by atoms with E-state index >= 15 is 0 Å². The zero-order chi connectivity index (χ0) is 13.8. The molecule has 104 valence electrons. The maximum absolute atomic E-state index is 11.1. The van der Waals surface area contributed by atoms with Gasteiger partial charge in [-0.05, 0) is 18.9 Å². The molecule has 0 radical (unpaired) electrons. The number of hydrogen-bond donors (Lipinski definition) is 1. The molecule has 1 aliphatic rings. The van der Waals surface area contributed by atoms with E-state index in [2.05, 4.69) is 4.98 Å². The van der Waals surface area contributed by atoms with Crippen molar-refractivity contribution in [3.63, 3.8) is 0 Å². The van der Waals surface area contributed by atoms with E-state index in [9.17, 15) is 10.1 Å². The van der Waals surface area contributed by atoms with Gasteiger partial charge in [0.05, 0.1) is 11.0 Å². The van der Waals surface area contributed by atoms with Crippen LogP contribution >= 0.6 is 0 Å². The second-order valence-electron chi connectivity index (χ2n) is 4.57. The Morgan fingerprint density at radius 2 is 2.47 bits per heavy atom. The quantitative estimate of drug-likeness (QED) is 0.643. The molecule has 0 amide bonds. The van der Waals surface area contributed by atoms with Gasteiger partial charge in [0.2, 0.25) is 5.82 Å². The van der Waals surface area contributed by atoms with Gasteiger partial charge in [0.1, 0.15) is 0 Å². The van der Waals surface area contributed by atoms with Crippen LogP contribution in [0.3, 0.4) is 0 Å². The molecule has 1 aromatic heterocycles. The Balaban J connectivity index is 2.28. The van der Waals surface area contributed by atoms with Crippen molar-refractivity contribution in [3.8, 4) is 0 Å². The number of methoxy groups -OCH3 is 1. The summed E-state index contributed by atoms with van der Waals surface area (Å²) in [5.41, 5.74) is 5.80. The summed E-state index contributed by atoms with van der Waals surface area (Å²) in [6.45, 7) is 1.09. The van der Waals surface area contributed by atoms with E-state index in [1.54, 1.807) is 19.4 Å². The Labute approximate surface area is 111 Å². The highest BCUT2D eigenvalue weighted by Crippen LogP contribution is 2.30. The normalized spacial score (nSPS) is 23.4. The molecule has 2 atom stereocenters. The summed E-state index contributed by atoms with van der Waals surface area (Å²) in [5.74, 6) is 0.400. The van der Waals surface area contributed by atoms with Crippen molar-refractivity contribution in [1.29, 1.82) is 0 Å². The van der Waals surface area contributed by atoms with E-state index in [0.717, 1.165) is 12.8 Å². The first-order valence-corrected chi connectivity index (χ1v) is 6.26. The smallest absolute Gasteiger partial charge is 0.311 e. The average molecular weight is 266 g/mol. The van der Waals surface area contributed by atoms with Gasteiger partial charge in [-0.3, -0.25) is 10.1 Å². The lowest BCUT2D eigenvalue weighted by atomic mass is 9.99. The molecule has 1 aromatic rings. The second kappa shape index (κ2) is 5.94. The van der Waals surface area contributed by atoms with Gasteiger partial charge in [-0.15, -0.1) is 0 Å². The standard InChI is InChI=1S/C12H18N4O3/c1-19-10-4-6-15(9(7-10)8-13)12-11(16(17)18)3-2-5-14-12/h2-3,5,9-10H,4,6-8,13H2,1H3. The topological polar surface area (TPSA) is 94.5 Å². The number of pyridine rings is 1. The number of nitrogens with zero attached hydrogens (tertiary/aromatic N) is 3. The van der Waals surface area contributed by atoms with Crippen LogP contribution in [-0.4, -0.2) is 42.3 Å². The van der Waals surface area contributed by atoms with Crippen LogP contribution in [-0.2, 0) is 4.74 Å². The Morgan fingerprint density at radius 3 is 3.11 bits per heavy atom. The third kappa shape index (κ3) is 2.82. The number of aromatic nitrogens is 1. The zero-order valence-corrected chi connectivity index (χ0v) is 10.9. The summed E-state index contributed by atoms with van der Waals surface area (Å²) in [6, 6.07) is 3.06. The number of nitrogens with two attached hydrogens (primary N) is 1. The summed E-state index contributed by atoms with van der Waals surface area (Å²) in [5, 5.41) is 11.1. The van der Waals surface area contributed by atoms with Gasteiger partial charge in [-0.2, -0.15) is 0 Å². The zero-order valence-electron chi connectivity index (χ0n) is 10.9. The van der Waals surface area contributed by atoms with Crippen molar-refractivity contribution < 1.29 is 9.66 Å². The van der Waals surface area contributed by atoms with Crippen molar-refractivity contribution in [2.45, 2.75) is 25.0 Å². The minimum Gasteiger partial charge on any atom is -0.381 e. The van der Waals surface area contributed by atoms with Crippen LogP contribution in [0, 0.1) is 10.1 Å². The van der Waals surface area contributed by atoms with Crippen LogP contribution < -0.4 is 10.6 Å². The monoisotopic (exact) mass is 266 g/mol. The summed E-state index contributed by atoms with van der Waals surface area (Å²) < 4.78 is 5.35. The molecule has 1 saturated heterocycles. The van der Waals surface area contributed by atoms with E-state index in [0.29, 0.717) is 18.9 Å². The first kappa shape index (κ1) is 13.7. The van der Waals surface area contributed by atoms with Crippen molar-refractivity contribution in [3.05, 3.63) is 28.4 Å². The summed E-state index contributed by atoms with van der Waals surface area (Å²) in [7, 11) is 1.68. The Kier molecular flexibility index (Phi) is 4.28. The van der Waals surface area contributed by atoms with Gasteiger partial charge in [-0.1, -0.05) is 0 Å². The molecule has 0 saturated carbocycles. The predicted octanol–water partition coefficient (Wildman–Crippen LogP) is 0.932. The molecule has 1 aliphatic heterocycles. The third-order valence-electron chi connectivity index (χ3n) is 3.51.